The Morgan fingerprint density at radius 3 is 2.54 bits per heavy atom. The van der Waals surface area contributed by atoms with Gasteiger partial charge in [0.05, 0.1) is 6.61 Å². The molecule has 0 radical (unpaired) electrons. The van der Waals surface area contributed by atoms with Gasteiger partial charge in [-0.15, -0.1) is 0 Å². The van der Waals surface area contributed by atoms with Crippen LogP contribution in [0.3, 0.4) is 0 Å². The van der Waals surface area contributed by atoms with Crippen molar-refractivity contribution in [2.24, 2.45) is 5.92 Å². The molecule has 140 valence electrons. The summed E-state index contributed by atoms with van der Waals surface area (Å²) < 4.78 is 24.3. The summed E-state index contributed by atoms with van der Waals surface area (Å²) in [7, 11) is 0. The predicted octanol–water partition coefficient (Wildman–Crippen LogP) is 3.36. The Balaban J connectivity index is 1.39. The van der Waals surface area contributed by atoms with Crippen LogP contribution in [0.1, 0.15) is 12.8 Å². The van der Waals surface area contributed by atoms with Gasteiger partial charge < -0.3 is 19.5 Å². The number of hydrogen-bond donors (Lipinski definition) is 1. The summed E-state index contributed by atoms with van der Waals surface area (Å²) >= 11 is 0. The molecule has 2 aromatic rings. The fraction of sp³-hybridized carbons (Fsp3) is 0.429. The number of aliphatic hydroxyl groups is 1. The fourth-order valence-electron chi connectivity index (χ4n) is 3.26. The molecule has 2 atom stereocenters. The smallest absolute Gasteiger partial charge is 0.123 e. The lowest BCUT2D eigenvalue weighted by atomic mass is 9.98. The van der Waals surface area contributed by atoms with Crippen molar-refractivity contribution in [1.82, 2.24) is 4.90 Å². The molecule has 0 bridgehead atoms. The maximum atomic E-state index is 12.9. The third kappa shape index (κ3) is 6.00. The second-order valence-corrected chi connectivity index (χ2v) is 6.81. The van der Waals surface area contributed by atoms with Gasteiger partial charge in [0.25, 0.3) is 0 Å². The summed E-state index contributed by atoms with van der Waals surface area (Å²) in [5.41, 5.74) is 0. The molecule has 1 aliphatic heterocycles. The van der Waals surface area contributed by atoms with E-state index in [2.05, 4.69) is 4.90 Å². The quantitative estimate of drug-likeness (QED) is 0.785. The first-order valence-corrected chi connectivity index (χ1v) is 9.15. The van der Waals surface area contributed by atoms with E-state index in [-0.39, 0.29) is 12.4 Å². The first-order valence-electron chi connectivity index (χ1n) is 9.15. The Bertz CT molecular complexity index is 650. The zero-order valence-electron chi connectivity index (χ0n) is 14.9. The van der Waals surface area contributed by atoms with Crippen LogP contribution in [0.5, 0.6) is 11.5 Å². The molecule has 26 heavy (non-hydrogen) atoms. The van der Waals surface area contributed by atoms with Crippen LogP contribution < -0.4 is 9.47 Å². The molecule has 0 saturated carbocycles. The highest BCUT2D eigenvalue weighted by Gasteiger charge is 2.22. The Kier molecular flexibility index (Phi) is 6.86. The maximum absolute atomic E-state index is 12.9. The van der Waals surface area contributed by atoms with E-state index in [1.165, 1.54) is 12.1 Å². The minimum Gasteiger partial charge on any atom is -0.493 e. The topological polar surface area (TPSA) is 41.9 Å². The molecule has 2 unspecified atom stereocenters. The van der Waals surface area contributed by atoms with Gasteiger partial charge in [0.1, 0.15) is 30.0 Å². The molecule has 2 aromatic carbocycles. The van der Waals surface area contributed by atoms with Gasteiger partial charge in [-0.2, -0.15) is 0 Å². The van der Waals surface area contributed by atoms with Crippen LogP contribution >= 0.6 is 0 Å². The molecule has 3 rings (SSSR count). The number of ether oxygens (including phenoxy) is 2. The van der Waals surface area contributed by atoms with E-state index in [9.17, 15) is 9.50 Å². The minimum atomic E-state index is -0.521. The molecule has 0 aromatic heterocycles. The number of hydrogen-bond acceptors (Lipinski definition) is 4. The van der Waals surface area contributed by atoms with E-state index in [1.54, 1.807) is 12.1 Å². The largest absolute Gasteiger partial charge is 0.493 e. The van der Waals surface area contributed by atoms with Crippen LogP contribution in [0.4, 0.5) is 4.39 Å². The van der Waals surface area contributed by atoms with Crippen molar-refractivity contribution >= 4 is 0 Å². The van der Waals surface area contributed by atoms with E-state index < -0.39 is 6.10 Å². The van der Waals surface area contributed by atoms with E-state index in [0.717, 1.165) is 31.7 Å². The molecule has 0 spiro atoms. The monoisotopic (exact) mass is 359 g/mol. The Morgan fingerprint density at radius 2 is 1.77 bits per heavy atom. The van der Waals surface area contributed by atoms with Gasteiger partial charge in [-0.25, -0.2) is 4.39 Å². The Labute approximate surface area is 154 Å². The van der Waals surface area contributed by atoms with Gasteiger partial charge in [0, 0.05) is 19.0 Å². The van der Waals surface area contributed by atoms with Crippen LogP contribution in [-0.4, -0.2) is 49.0 Å². The lowest BCUT2D eigenvalue weighted by Gasteiger charge is -2.33. The molecule has 0 amide bonds. The number of benzene rings is 2. The van der Waals surface area contributed by atoms with E-state index in [4.69, 9.17) is 9.47 Å². The number of halogens is 1. The van der Waals surface area contributed by atoms with Crippen LogP contribution in [0.25, 0.3) is 0 Å². The third-order valence-electron chi connectivity index (χ3n) is 4.56. The van der Waals surface area contributed by atoms with Gasteiger partial charge in [0.2, 0.25) is 0 Å². The van der Waals surface area contributed by atoms with Crippen LogP contribution in [0.15, 0.2) is 54.6 Å². The van der Waals surface area contributed by atoms with E-state index in [1.807, 2.05) is 30.3 Å². The minimum absolute atomic E-state index is 0.257. The molecular formula is C21H26FNO3. The number of piperidine rings is 1. The van der Waals surface area contributed by atoms with Gasteiger partial charge in [0.15, 0.2) is 0 Å². The van der Waals surface area contributed by atoms with Crippen LogP contribution in [-0.2, 0) is 0 Å². The molecule has 0 aliphatic carbocycles. The first kappa shape index (κ1) is 18.7. The first-order chi connectivity index (χ1) is 12.7. The summed E-state index contributed by atoms with van der Waals surface area (Å²) in [6.07, 6.45) is 1.67. The number of likely N-dealkylation sites (tertiary alicyclic amines) is 1. The van der Waals surface area contributed by atoms with Gasteiger partial charge in [-0.3, -0.25) is 0 Å². The zero-order chi connectivity index (χ0) is 18.2. The summed E-state index contributed by atoms with van der Waals surface area (Å²) in [6.45, 7) is 3.37. The molecule has 1 fully saturated rings. The number of aliphatic hydroxyl groups excluding tert-OH is 1. The Hall–Kier alpha value is -2.11. The second-order valence-electron chi connectivity index (χ2n) is 6.81. The molecule has 1 N–H and O–H groups in total. The number of β-amino-alcohol motifs (C(OH)–C–C–N with tert-alkyl or cyclic N) is 1. The molecule has 5 heteroatoms. The van der Waals surface area contributed by atoms with Gasteiger partial charge in [-0.05, 0) is 55.8 Å². The Morgan fingerprint density at radius 1 is 1.04 bits per heavy atom. The van der Waals surface area contributed by atoms with Crippen molar-refractivity contribution in [3.8, 4) is 11.5 Å². The van der Waals surface area contributed by atoms with Crippen molar-refractivity contribution in [2.45, 2.75) is 18.9 Å². The third-order valence-corrected chi connectivity index (χ3v) is 4.56. The van der Waals surface area contributed by atoms with E-state index >= 15 is 0 Å². The SMILES string of the molecule is OC(COc1ccccc1)CN1CCCC(COc2ccc(F)cc2)C1. The molecule has 1 heterocycles. The zero-order valence-corrected chi connectivity index (χ0v) is 14.9. The van der Waals surface area contributed by atoms with Crippen molar-refractivity contribution in [2.75, 3.05) is 32.8 Å². The van der Waals surface area contributed by atoms with Gasteiger partial charge in [-0.1, -0.05) is 18.2 Å². The molecule has 4 nitrogen and oxygen atoms in total. The van der Waals surface area contributed by atoms with Crippen molar-refractivity contribution in [3.05, 3.63) is 60.4 Å². The van der Waals surface area contributed by atoms with Crippen LogP contribution in [0, 0.1) is 11.7 Å². The summed E-state index contributed by atoms with van der Waals surface area (Å²) in [6, 6.07) is 15.7. The second kappa shape index (κ2) is 9.55. The van der Waals surface area contributed by atoms with Gasteiger partial charge >= 0.3 is 0 Å². The molecular weight excluding hydrogens is 333 g/mol. The fourth-order valence-corrected chi connectivity index (χ4v) is 3.26. The lowest BCUT2D eigenvalue weighted by molar-refractivity contribution is 0.0451. The average Bonchev–Trinajstić information content (AvgIpc) is 2.67. The maximum Gasteiger partial charge on any atom is 0.123 e. The highest BCUT2D eigenvalue weighted by atomic mass is 19.1. The van der Waals surface area contributed by atoms with Crippen molar-refractivity contribution in [3.63, 3.8) is 0 Å². The number of nitrogens with zero attached hydrogens (tertiary/aromatic N) is 1. The molecule has 1 saturated heterocycles. The summed E-state index contributed by atoms with van der Waals surface area (Å²) in [4.78, 5) is 2.27. The highest BCUT2D eigenvalue weighted by molar-refractivity contribution is 5.22. The molecule has 1 aliphatic rings. The number of para-hydroxylation sites is 1. The number of rotatable bonds is 8. The highest BCUT2D eigenvalue weighted by Crippen LogP contribution is 2.19. The average molecular weight is 359 g/mol. The summed E-state index contributed by atoms with van der Waals surface area (Å²) in [5.74, 6) is 1.62. The van der Waals surface area contributed by atoms with Crippen LogP contribution in [0.2, 0.25) is 0 Å². The van der Waals surface area contributed by atoms with Crippen molar-refractivity contribution in [1.29, 1.82) is 0 Å². The predicted molar refractivity (Wildman–Crippen MR) is 99.0 cm³/mol. The van der Waals surface area contributed by atoms with E-state index in [0.29, 0.717) is 24.8 Å². The normalized spacial score (nSPS) is 19.1. The standard InChI is InChI=1S/C21H26FNO3/c22-18-8-10-21(11-9-18)25-15-17-5-4-12-23(13-17)14-19(24)16-26-20-6-2-1-3-7-20/h1-3,6-11,17,19,24H,4-5,12-16H2. The van der Waals surface area contributed by atoms with Crippen molar-refractivity contribution < 1.29 is 19.0 Å². The lowest BCUT2D eigenvalue weighted by Crippen LogP contribution is -2.43. The summed E-state index contributed by atoms with van der Waals surface area (Å²) in [5, 5.41) is 10.2.